The van der Waals surface area contributed by atoms with Gasteiger partial charge in [0.2, 0.25) is 0 Å². The highest BCUT2D eigenvalue weighted by Crippen LogP contribution is 2.19. The number of esters is 1. The summed E-state index contributed by atoms with van der Waals surface area (Å²) in [5.41, 5.74) is 2.14. The molecule has 2 N–H and O–H groups in total. The third-order valence-corrected chi connectivity index (χ3v) is 3.93. The van der Waals surface area contributed by atoms with E-state index in [1.54, 1.807) is 20.8 Å². The van der Waals surface area contributed by atoms with Crippen LogP contribution in [0.15, 0.2) is 54.6 Å². The number of carbonyl (C=O) groups excluding carboxylic acids is 2. The Bertz CT molecular complexity index is 822. The van der Waals surface area contributed by atoms with Crippen molar-refractivity contribution >= 4 is 17.7 Å². The number of carbonyl (C=O) groups is 3. The van der Waals surface area contributed by atoms with E-state index in [9.17, 15) is 19.5 Å². The van der Waals surface area contributed by atoms with Gasteiger partial charge in [-0.15, -0.1) is 0 Å². The first-order chi connectivity index (χ1) is 13.2. The highest BCUT2D eigenvalue weighted by atomic mass is 16.6. The molecular formula is C22H25NO5. The van der Waals surface area contributed by atoms with E-state index in [1.165, 1.54) is 0 Å². The van der Waals surface area contributed by atoms with Crippen molar-refractivity contribution in [1.29, 1.82) is 0 Å². The van der Waals surface area contributed by atoms with Crippen molar-refractivity contribution in [2.75, 3.05) is 6.54 Å². The summed E-state index contributed by atoms with van der Waals surface area (Å²) in [7, 11) is 0. The van der Waals surface area contributed by atoms with Gasteiger partial charge in [-0.1, -0.05) is 54.6 Å². The van der Waals surface area contributed by atoms with Crippen LogP contribution >= 0.6 is 0 Å². The minimum Gasteiger partial charge on any atom is -0.480 e. The topological polar surface area (TPSA) is 92.7 Å². The number of ketones is 1. The third kappa shape index (κ3) is 6.63. The average molecular weight is 383 g/mol. The Morgan fingerprint density at radius 1 is 0.964 bits per heavy atom. The Morgan fingerprint density at radius 3 is 2.07 bits per heavy atom. The molecule has 2 rings (SSSR count). The highest BCUT2D eigenvalue weighted by Gasteiger charge is 2.25. The normalized spacial score (nSPS) is 12.2. The smallest absolute Gasteiger partial charge is 0.376 e. The Kier molecular flexibility index (Phi) is 7.06. The summed E-state index contributed by atoms with van der Waals surface area (Å²) >= 11 is 0. The second-order valence-electron chi connectivity index (χ2n) is 7.46. The van der Waals surface area contributed by atoms with Crippen molar-refractivity contribution in [3.05, 3.63) is 60.2 Å². The summed E-state index contributed by atoms with van der Waals surface area (Å²) in [4.78, 5) is 35.1. The summed E-state index contributed by atoms with van der Waals surface area (Å²) in [6.45, 7) is 4.58. The zero-order valence-corrected chi connectivity index (χ0v) is 16.3. The van der Waals surface area contributed by atoms with Gasteiger partial charge in [-0.25, -0.2) is 4.79 Å². The number of hydrogen-bond acceptors (Lipinski definition) is 5. The van der Waals surface area contributed by atoms with E-state index < -0.39 is 35.9 Å². The van der Waals surface area contributed by atoms with Crippen LogP contribution in [-0.2, 0) is 25.5 Å². The lowest BCUT2D eigenvalue weighted by molar-refractivity contribution is -0.162. The van der Waals surface area contributed by atoms with E-state index in [-0.39, 0.29) is 6.42 Å². The molecule has 0 saturated carbocycles. The van der Waals surface area contributed by atoms with Gasteiger partial charge in [-0.3, -0.25) is 14.9 Å². The van der Waals surface area contributed by atoms with Gasteiger partial charge in [-0.05, 0) is 43.9 Å². The summed E-state index contributed by atoms with van der Waals surface area (Å²) in [6.07, 6.45) is 0.187. The summed E-state index contributed by atoms with van der Waals surface area (Å²) in [5.74, 6) is -2.87. The molecule has 0 aliphatic rings. The summed E-state index contributed by atoms with van der Waals surface area (Å²) in [6, 6.07) is 16.4. The van der Waals surface area contributed by atoms with E-state index in [4.69, 9.17) is 4.74 Å². The molecule has 28 heavy (non-hydrogen) atoms. The molecule has 1 unspecified atom stereocenters. The second kappa shape index (κ2) is 9.28. The number of nitrogens with one attached hydrogen (secondary N) is 1. The van der Waals surface area contributed by atoms with Gasteiger partial charge in [0.25, 0.3) is 5.78 Å². The molecule has 148 valence electrons. The van der Waals surface area contributed by atoms with Crippen molar-refractivity contribution in [3.63, 3.8) is 0 Å². The van der Waals surface area contributed by atoms with Crippen LogP contribution in [-0.4, -0.2) is 41.0 Å². The van der Waals surface area contributed by atoms with Crippen LogP contribution in [0.1, 0.15) is 26.3 Å². The number of rotatable bonds is 8. The molecule has 2 aromatic rings. The molecule has 0 radical (unpaired) electrons. The first-order valence-electron chi connectivity index (χ1n) is 9.02. The van der Waals surface area contributed by atoms with Crippen molar-refractivity contribution < 1.29 is 24.2 Å². The molecule has 0 aliphatic carbocycles. The molecule has 0 fully saturated rings. The Morgan fingerprint density at radius 2 is 1.54 bits per heavy atom. The number of aliphatic carboxylic acids is 1. The van der Waals surface area contributed by atoms with Crippen molar-refractivity contribution in [2.45, 2.75) is 38.8 Å². The maximum Gasteiger partial charge on any atom is 0.376 e. The third-order valence-electron chi connectivity index (χ3n) is 3.93. The molecule has 1 atom stereocenters. The predicted molar refractivity (Wildman–Crippen MR) is 106 cm³/mol. The van der Waals surface area contributed by atoms with E-state index in [1.807, 2.05) is 54.6 Å². The van der Waals surface area contributed by atoms with Crippen molar-refractivity contribution in [1.82, 2.24) is 5.32 Å². The number of carboxylic acids is 1. The molecule has 0 aliphatic heterocycles. The lowest BCUT2D eigenvalue weighted by Crippen LogP contribution is -2.43. The van der Waals surface area contributed by atoms with Crippen molar-refractivity contribution in [2.24, 2.45) is 0 Å². The molecule has 0 heterocycles. The quantitative estimate of drug-likeness (QED) is 0.538. The first kappa shape index (κ1) is 21.3. The van der Waals surface area contributed by atoms with Gasteiger partial charge < -0.3 is 9.84 Å². The molecule has 0 spiro atoms. The summed E-state index contributed by atoms with van der Waals surface area (Å²) < 4.78 is 4.99. The largest absolute Gasteiger partial charge is 0.480 e. The van der Waals surface area contributed by atoms with Gasteiger partial charge >= 0.3 is 11.9 Å². The van der Waals surface area contributed by atoms with Crippen LogP contribution in [0.25, 0.3) is 11.1 Å². The average Bonchev–Trinajstić information content (AvgIpc) is 2.64. The van der Waals surface area contributed by atoms with Crippen molar-refractivity contribution in [3.8, 4) is 11.1 Å². The fraction of sp³-hybridized carbons (Fsp3) is 0.318. The highest BCUT2D eigenvalue weighted by molar-refractivity contribution is 6.34. The van der Waals surface area contributed by atoms with Crippen LogP contribution in [0, 0.1) is 0 Å². The van der Waals surface area contributed by atoms with Crippen LogP contribution in [0.4, 0.5) is 0 Å². The molecule has 2 aromatic carbocycles. The number of ether oxygens (including phenoxy) is 1. The van der Waals surface area contributed by atoms with Crippen LogP contribution in [0.3, 0.4) is 0 Å². The maximum absolute atomic E-state index is 11.9. The number of hydrogen-bond donors (Lipinski definition) is 2. The fourth-order valence-corrected chi connectivity index (χ4v) is 2.57. The Hall–Kier alpha value is -2.99. The van der Waals surface area contributed by atoms with Gasteiger partial charge in [0.05, 0.1) is 6.54 Å². The molecule has 0 amide bonds. The number of benzene rings is 2. The zero-order valence-electron chi connectivity index (χ0n) is 16.3. The zero-order chi connectivity index (χ0) is 20.7. The molecule has 0 bridgehead atoms. The van der Waals surface area contributed by atoms with Gasteiger partial charge in [0.15, 0.2) is 0 Å². The predicted octanol–water partition coefficient (Wildman–Crippen LogP) is 2.85. The lowest BCUT2D eigenvalue weighted by atomic mass is 10.0. The summed E-state index contributed by atoms with van der Waals surface area (Å²) in [5, 5.41) is 12.0. The minimum atomic E-state index is -1.09. The van der Waals surface area contributed by atoms with Crippen LogP contribution in [0.2, 0.25) is 0 Å². The second-order valence-corrected chi connectivity index (χ2v) is 7.46. The molecule has 6 heteroatoms. The number of Topliss-reactive ketones (excluding diaryl/α,β-unsaturated/α-hetero) is 1. The van der Waals surface area contributed by atoms with E-state index in [0.29, 0.717) is 0 Å². The van der Waals surface area contributed by atoms with Crippen LogP contribution < -0.4 is 5.32 Å². The minimum absolute atomic E-state index is 0.187. The van der Waals surface area contributed by atoms with Gasteiger partial charge in [-0.2, -0.15) is 0 Å². The molecular weight excluding hydrogens is 358 g/mol. The molecule has 0 aromatic heterocycles. The number of carboxylic acid groups (broad SMARTS) is 1. The standard InChI is InChI=1S/C22H25NO5/c1-22(2,3)28-21(27)19(24)14-23-18(20(25)26)13-15-9-11-17(12-10-15)16-7-5-4-6-8-16/h4-12,18,23H,13-14H2,1-3H3,(H,25,26). The first-order valence-corrected chi connectivity index (χ1v) is 9.02. The lowest BCUT2D eigenvalue weighted by Gasteiger charge is -2.19. The molecule has 6 nitrogen and oxygen atoms in total. The van der Waals surface area contributed by atoms with Gasteiger partial charge in [0, 0.05) is 0 Å². The van der Waals surface area contributed by atoms with E-state index in [2.05, 4.69) is 5.32 Å². The maximum atomic E-state index is 11.9. The SMILES string of the molecule is CC(C)(C)OC(=O)C(=O)CNC(Cc1ccc(-c2ccccc2)cc1)C(=O)O. The monoisotopic (exact) mass is 383 g/mol. The fourth-order valence-electron chi connectivity index (χ4n) is 2.57. The van der Waals surface area contributed by atoms with E-state index in [0.717, 1.165) is 16.7 Å². The Balaban J connectivity index is 1.96. The van der Waals surface area contributed by atoms with E-state index >= 15 is 0 Å². The van der Waals surface area contributed by atoms with Gasteiger partial charge in [0.1, 0.15) is 11.6 Å². The Labute approximate surface area is 164 Å². The molecule has 0 saturated heterocycles. The van der Waals surface area contributed by atoms with Crippen LogP contribution in [0.5, 0.6) is 0 Å².